The fourth-order valence-electron chi connectivity index (χ4n) is 2.92. The van der Waals surface area contributed by atoms with E-state index in [9.17, 15) is 9.59 Å². The Morgan fingerprint density at radius 2 is 2.08 bits per heavy atom. The number of halogens is 1. The molecular formula is C17H20BrN3O3S. The molecule has 0 unspecified atom stereocenters. The van der Waals surface area contributed by atoms with Crippen LogP contribution in [-0.4, -0.2) is 27.8 Å². The van der Waals surface area contributed by atoms with Gasteiger partial charge in [0.1, 0.15) is 5.00 Å². The third-order valence-corrected chi connectivity index (χ3v) is 5.73. The van der Waals surface area contributed by atoms with E-state index in [1.54, 1.807) is 17.9 Å². The van der Waals surface area contributed by atoms with Gasteiger partial charge in [0, 0.05) is 18.1 Å². The summed E-state index contributed by atoms with van der Waals surface area (Å²) in [6.07, 6.45) is 5.43. The van der Waals surface area contributed by atoms with Gasteiger partial charge in [-0.2, -0.15) is 5.10 Å². The van der Waals surface area contributed by atoms with E-state index in [1.165, 1.54) is 11.3 Å². The molecular weight excluding hydrogens is 406 g/mol. The Labute approximate surface area is 158 Å². The molecule has 0 saturated heterocycles. The lowest BCUT2D eigenvalue weighted by Gasteiger charge is -2.14. The molecule has 2 heterocycles. The standard InChI is InChI=1S/C17H20BrN3O3S/c1-9(2)24-17(23)13-10-6-4-5-7-12(10)25-16(13)19-15(22)14-11(18)8-21(3)20-14/h8-9H,4-7H2,1-3H3,(H,19,22). The van der Waals surface area contributed by atoms with Crippen LogP contribution in [0, 0.1) is 0 Å². The van der Waals surface area contributed by atoms with Gasteiger partial charge in [0.15, 0.2) is 5.69 Å². The number of esters is 1. The molecule has 1 N–H and O–H groups in total. The molecule has 2 aromatic rings. The smallest absolute Gasteiger partial charge is 0.341 e. The molecule has 0 saturated carbocycles. The van der Waals surface area contributed by atoms with Gasteiger partial charge in [-0.3, -0.25) is 9.48 Å². The number of aryl methyl sites for hydroxylation is 2. The Kier molecular flexibility index (Phi) is 5.29. The summed E-state index contributed by atoms with van der Waals surface area (Å²) in [6.45, 7) is 3.64. The van der Waals surface area contributed by atoms with Crippen LogP contribution in [0.1, 0.15) is 58.0 Å². The fraction of sp³-hybridized carbons (Fsp3) is 0.471. The SMILES string of the molecule is CC(C)OC(=O)c1c(NC(=O)c2nn(C)cc2Br)sc2c1CCCC2. The molecule has 25 heavy (non-hydrogen) atoms. The van der Waals surface area contributed by atoms with E-state index in [0.29, 0.717) is 15.0 Å². The van der Waals surface area contributed by atoms with Crippen molar-refractivity contribution in [1.82, 2.24) is 9.78 Å². The second-order valence-electron chi connectivity index (χ2n) is 6.32. The number of carbonyl (C=O) groups is 2. The first-order valence-corrected chi connectivity index (χ1v) is 9.83. The zero-order valence-electron chi connectivity index (χ0n) is 14.4. The maximum atomic E-state index is 12.6. The minimum absolute atomic E-state index is 0.208. The summed E-state index contributed by atoms with van der Waals surface area (Å²) < 4.78 is 7.58. The Bertz CT molecular complexity index is 825. The molecule has 3 rings (SSSR count). The van der Waals surface area contributed by atoms with Gasteiger partial charge >= 0.3 is 5.97 Å². The van der Waals surface area contributed by atoms with Crippen molar-refractivity contribution in [3.05, 3.63) is 32.4 Å². The second-order valence-corrected chi connectivity index (χ2v) is 8.28. The normalized spacial score (nSPS) is 13.6. The maximum absolute atomic E-state index is 12.6. The van der Waals surface area contributed by atoms with Gasteiger partial charge in [0.2, 0.25) is 0 Å². The number of nitrogens with zero attached hydrogens (tertiary/aromatic N) is 2. The summed E-state index contributed by atoms with van der Waals surface area (Å²) in [5, 5.41) is 7.58. The van der Waals surface area contributed by atoms with Crippen LogP contribution in [0.15, 0.2) is 10.7 Å². The number of hydrogen-bond donors (Lipinski definition) is 1. The summed E-state index contributed by atoms with van der Waals surface area (Å²) in [4.78, 5) is 26.4. The lowest BCUT2D eigenvalue weighted by atomic mass is 9.95. The highest BCUT2D eigenvalue weighted by Crippen LogP contribution is 2.39. The predicted molar refractivity (Wildman–Crippen MR) is 100 cm³/mol. The van der Waals surface area contributed by atoms with Crippen molar-refractivity contribution in [2.75, 3.05) is 5.32 Å². The van der Waals surface area contributed by atoms with Gasteiger partial charge < -0.3 is 10.1 Å². The van der Waals surface area contributed by atoms with Crippen LogP contribution in [-0.2, 0) is 24.6 Å². The number of thiophene rings is 1. The number of hydrogen-bond acceptors (Lipinski definition) is 5. The molecule has 1 aliphatic rings. The highest BCUT2D eigenvalue weighted by molar-refractivity contribution is 9.10. The average Bonchev–Trinajstić information content (AvgIpc) is 3.05. The zero-order valence-corrected chi connectivity index (χ0v) is 16.8. The fourth-order valence-corrected chi connectivity index (χ4v) is 4.75. The number of amides is 1. The number of carbonyl (C=O) groups excluding carboxylic acids is 2. The molecule has 1 aliphatic carbocycles. The monoisotopic (exact) mass is 425 g/mol. The van der Waals surface area contributed by atoms with Crippen LogP contribution in [0.5, 0.6) is 0 Å². The molecule has 0 bridgehead atoms. The van der Waals surface area contributed by atoms with Crippen molar-refractivity contribution in [3.8, 4) is 0 Å². The molecule has 0 atom stereocenters. The average molecular weight is 426 g/mol. The van der Waals surface area contributed by atoms with E-state index < -0.39 is 0 Å². The topological polar surface area (TPSA) is 73.2 Å². The Morgan fingerprint density at radius 1 is 1.36 bits per heavy atom. The van der Waals surface area contributed by atoms with Gasteiger partial charge in [-0.1, -0.05) is 0 Å². The van der Waals surface area contributed by atoms with Gasteiger partial charge in [0.25, 0.3) is 5.91 Å². The molecule has 8 heteroatoms. The summed E-state index contributed by atoms with van der Waals surface area (Å²) in [5.74, 6) is -0.713. The quantitative estimate of drug-likeness (QED) is 0.752. The number of aromatic nitrogens is 2. The van der Waals surface area contributed by atoms with Crippen LogP contribution in [0.3, 0.4) is 0 Å². The largest absolute Gasteiger partial charge is 0.459 e. The summed E-state index contributed by atoms with van der Waals surface area (Å²) >= 11 is 4.81. The number of fused-ring (bicyclic) bond motifs is 1. The summed E-state index contributed by atoms with van der Waals surface area (Å²) in [7, 11) is 1.75. The maximum Gasteiger partial charge on any atom is 0.341 e. The molecule has 1 amide bonds. The highest BCUT2D eigenvalue weighted by atomic mass is 79.9. The lowest BCUT2D eigenvalue weighted by Crippen LogP contribution is -2.18. The molecule has 2 aromatic heterocycles. The highest BCUT2D eigenvalue weighted by Gasteiger charge is 2.28. The van der Waals surface area contributed by atoms with Crippen LogP contribution in [0.4, 0.5) is 5.00 Å². The molecule has 0 aliphatic heterocycles. The van der Waals surface area contributed by atoms with Crippen LogP contribution in [0.2, 0.25) is 0 Å². The van der Waals surface area contributed by atoms with Crippen molar-refractivity contribution in [2.24, 2.45) is 7.05 Å². The van der Waals surface area contributed by atoms with E-state index in [0.717, 1.165) is 36.1 Å². The van der Waals surface area contributed by atoms with E-state index in [4.69, 9.17) is 4.74 Å². The number of anilines is 1. The van der Waals surface area contributed by atoms with E-state index >= 15 is 0 Å². The number of nitrogens with one attached hydrogen (secondary N) is 1. The summed E-state index contributed by atoms with van der Waals surface area (Å²) in [5.41, 5.74) is 1.82. The molecule has 0 aromatic carbocycles. The number of ether oxygens (including phenoxy) is 1. The molecule has 0 radical (unpaired) electrons. The van der Waals surface area contributed by atoms with Crippen LogP contribution in [0.25, 0.3) is 0 Å². The Hall–Kier alpha value is -1.67. The van der Waals surface area contributed by atoms with E-state index in [-0.39, 0.29) is 23.7 Å². The molecule has 134 valence electrons. The van der Waals surface area contributed by atoms with Gasteiger partial charge in [-0.25, -0.2) is 4.79 Å². The Morgan fingerprint density at radius 3 is 2.72 bits per heavy atom. The van der Waals surface area contributed by atoms with Crippen molar-refractivity contribution in [1.29, 1.82) is 0 Å². The second kappa shape index (κ2) is 7.29. The lowest BCUT2D eigenvalue weighted by molar-refractivity contribution is 0.0378. The third kappa shape index (κ3) is 3.79. The molecule has 0 fully saturated rings. The minimum atomic E-state index is -0.371. The van der Waals surface area contributed by atoms with Crippen molar-refractivity contribution >= 4 is 44.1 Å². The van der Waals surface area contributed by atoms with Crippen LogP contribution >= 0.6 is 27.3 Å². The predicted octanol–water partition coefficient (Wildman–Crippen LogP) is 3.94. The zero-order chi connectivity index (χ0) is 18.1. The molecule has 6 nitrogen and oxygen atoms in total. The first-order chi connectivity index (χ1) is 11.9. The Balaban J connectivity index is 1.95. The van der Waals surface area contributed by atoms with Crippen molar-refractivity contribution in [2.45, 2.75) is 45.6 Å². The van der Waals surface area contributed by atoms with Crippen molar-refractivity contribution < 1.29 is 14.3 Å². The van der Waals surface area contributed by atoms with Crippen molar-refractivity contribution in [3.63, 3.8) is 0 Å². The van der Waals surface area contributed by atoms with Gasteiger partial charge in [0.05, 0.1) is 16.1 Å². The van der Waals surface area contributed by atoms with Crippen LogP contribution < -0.4 is 5.32 Å². The van der Waals surface area contributed by atoms with Gasteiger partial charge in [-0.05, 0) is 61.0 Å². The minimum Gasteiger partial charge on any atom is -0.459 e. The molecule has 0 spiro atoms. The van der Waals surface area contributed by atoms with E-state index in [2.05, 4.69) is 26.3 Å². The van der Waals surface area contributed by atoms with Gasteiger partial charge in [-0.15, -0.1) is 11.3 Å². The third-order valence-electron chi connectivity index (χ3n) is 3.94. The number of rotatable bonds is 4. The first kappa shape index (κ1) is 18.1. The van der Waals surface area contributed by atoms with E-state index in [1.807, 2.05) is 13.8 Å². The first-order valence-electron chi connectivity index (χ1n) is 8.22. The summed E-state index contributed by atoms with van der Waals surface area (Å²) in [6, 6.07) is 0.